The van der Waals surface area contributed by atoms with Gasteiger partial charge in [0, 0.05) is 18.9 Å². The van der Waals surface area contributed by atoms with Crippen LogP contribution in [0.1, 0.15) is 22.3 Å². The number of nitrogens with one attached hydrogen (secondary N) is 1. The average Bonchev–Trinajstić information content (AvgIpc) is 2.44. The summed E-state index contributed by atoms with van der Waals surface area (Å²) < 4.78 is 11.8. The van der Waals surface area contributed by atoms with E-state index in [0.29, 0.717) is 22.4 Å². The molecule has 1 unspecified atom stereocenters. The Morgan fingerprint density at radius 1 is 1.27 bits per heavy atom. The van der Waals surface area contributed by atoms with E-state index in [-0.39, 0.29) is 12.3 Å². The smallest absolute Gasteiger partial charge is 0.334 e. The second-order valence-corrected chi connectivity index (χ2v) is 7.03. The van der Waals surface area contributed by atoms with Crippen molar-refractivity contribution in [2.45, 2.75) is 19.5 Å². The summed E-state index contributed by atoms with van der Waals surface area (Å²) in [5.41, 5.74) is 1.38. The number of aromatic hydroxyl groups is 1. The maximum absolute atomic E-state index is 11.8. The summed E-state index contributed by atoms with van der Waals surface area (Å²) in [4.78, 5) is 23.3. The van der Waals surface area contributed by atoms with Gasteiger partial charge in [0.05, 0.1) is 5.69 Å². The molecule has 2 aromatic rings. The van der Waals surface area contributed by atoms with Crippen LogP contribution in [0.25, 0.3) is 0 Å². The highest BCUT2D eigenvalue weighted by atomic mass is 31.2. The molecule has 2 rings (SSSR count). The molecule has 0 aliphatic rings. The first-order valence-electron chi connectivity index (χ1n) is 6.78. The lowest BCUT2D eigenvalue weighted by atomic mass is 10.0. The molecule has 1 aromatic heterocycles. The predicted molar refractivity (Wildman–Crippen MR) is 85.1 cm³/mol. The molecule has 0 spiro atoms. The van der Waals surface area contributed by atoms with Crippen molar-refractivity contribution in [3.8, 4) is 5.75 Å². The van der Waals surface area contributed by atoms with Crippen molar-refractivity contribution in [2.75, 3.05) is 11.9 Å². The molecule has 0 saturated heterocycles. The van der Waals surface area contributed by atoms with Crippen LogP contribution in [0.2, 0.25) is 0 Å². The van der Waals surface area contributed by atoms with E-state index in [1.54, 1.807) is 50.5 Å². The quantitative estimate of drug-likeness (QED) is 0.631. The van der Waals surface area contributed by atoms with Crippen LogP contribution in [0.3, 0.4) is 0 Å². The molecule has 0 aliphatic heterocycles. The van der Waals surface area contributed by atoms with Gasteiger partial charge in [-0.15, -0.1) is 0 Å². The third-order valence-electron chi connectivity index (χ3n) is 3.47. The summed E-state index contributed by atoms with van der Waals surface area (Å²) in [5.74, 6) is 0.147. The van der Waals surface area contributed by atoms with Crippen molar-refractivity contribution < 1.29 is 19.5 Å². The molecule has 0 bridgehead atoms. The van der Waals surface area contributed by atoms with Gasteiger partial charge in [-0.3, -0.25) is 9.55 Å². The van der Waals surface area contributed by atoms with Gasteiger partial charge in [0.15, 0.2) is 0 Å². The zero-order chi connectivity index (χ0) is 16.3. The number of benzene rings is 1. The molecule has 4 N–H and O–H groups in total. The molecule has 22 heavy (non-hydrogen) atoms. The number of aryl methyl sites for hydroxylation is 2. The number of nitrogens with zero attached hydrogens (tertiary/aromatic N) is 1. The van der Waals surface area contributed by atoms with Crippen LogP contribution in [0.4, 0.5) is 5.69 Å². The second kappa shape index (κ2) is 6.48. The highest BCUT2D eigenvalue weighted by Gasteiger charge is 2.31. The minimum atomic E-state index is -4.35. The van der Waals surface area contributed by atoms with E-state index in [1.807, 2.05) is 0 Å². The Morgan fingerprint density at radius 3 is 2.41 bits per heavy atom. The maximum atomic E-state index is 11.8. The van der Waals surface area contributed by atoms with E-state index in [0.717, 1.165) is 0 Å². The van der Waals surface area contributed by atoms with Crippen molar-refractivity contribution in [3.63, 3.8) is 0 Å². The van der Waals surface area contributed by atoms with Crippen molar-refractivity contribution >= 4 is 13.3 Å². The largest absolute Gasteiger partial charge is 0.507 e. The minimum Gasteiger partial charge on any atom is -0.507 e. The summed E-state index contributed by atoms with van der Waals surface area (Å²) in [6, 6.07) is 6.73. The van der Waals surface area contributed by atoms with Crippen LogP contribution in [-0.2, 0) is 4.57 Å². The molecule has 1 aromatic carbocycles. The van der Waals surface area contributed by atoms with Gasteiger partial charge in [-0.2, -0.15) is 0 Å². The summed E-state index contributed by atoms with van der Waals surface area (Å²) >= 11 is 0. The fourth-order valence-corrected chi connectivity index (χ4v) is 3.16. The van der Waals surface area contributed by atoms with Crippen LogP contribution in [-0.4, -0.2) is 26.4 Å². The third kappa shape index (κ3) is 3.85. The SMILES string of the molecule is Cc1cc(C(CNc2cccnc2)P(=O)(O)O)cc(C)c1O. The number of phenolic OH excluding ortho intramolecular Hbond substituents is 1. The zero-order valence-corrected chi connectivity index (χ0v) is 13.3. The molecule has 0 amide bonds. The topological polar surface area (TPSA) is 103 Å². The predicted octanol–water partition coefficient (Wildman–Crippen LogP) is 2.73. The molecule has 1 atom stereocenters. The lowest BCUT2D eigenvalue weighted by Crippen LogP contribution is -2.13. The third-order valence-corrected chi connectivity index (χ3v) is 4.76. The van der Waals surface area contributed by atoms with E-state index >= 15 is 0 Å². The Labute approximate surface area is 129 Å². The summed E-state index contributed by atoms with van der Waals surface area (Å²) in [7, 11) is -4.35. The zero-order valence-electron chi connectivity index (χ0n) is 12.4. The van der Waals surface area contributed by atoms with E-state index in [9.17, 15) is 19.5 Å². The molecular formula is C15H19N2O4P. The van der Waals surface area contributed by atoms with Crippen LogP contribution in [0.15, 0.2) is 36.7 Å². The van der Waals surface area contributed by atoms with Gasteiger partial charge in [-0.1, -0.05) is 12.1 Å². The van der Waals surface area contributed by atoms with E-state index in [4.69, 9.17) is 0 Å². The Kier molecular flexibility index (Phi) is 4.86. The van der Waals surface area contributed by atoms with Gasteiger partial charge in [0.1, 0.15) is 11.4 Å². The second-order valence-electron chi connectivity index (χ2n) is 5.23. The number of hydrogen-bond acceptors (Lipinski definition) is 4. The van der Waals surface area contributed by atoms with Crippen molar-refractivity contribution in [3.05, 3.63) is 53.3 Å². The summed E-state index contributed by atoms with van der Waals surface area (Å²) in [5, 5.41) is 12.8. The molecule has 118 valence electrons. The number of anilines is 1. The summed E-state index contributed by atoms with van der Waals surface area (Å²) in [6.45, 7) is 3.48. The van der Waals surface area contributed by atoms with Crippen molar-refractivity contribution in [1.82, 2.24) is 4.98 Å². The Balaban J connectivity index is 2.29. The van der Waals surface area contributed by atoms with Crippen LogP contribution < -0.4 is 5.32 Å². The van der Waals surface area contributed by atoms with Crippen LogP contribution >= 0.6 is 7.60 Å². The van der Waals surface area contributed by atoms with Crippen LogP contribution in [0, 0.1) is 13.8 Å². The first-order valence-corrected chi connectivity index (χ1v) is 8.46. The summed E-state index contributed by atoms with van der Waals surface area (Å²) in [6.07, 6.45) is 3.21. The first kappa shape index (κ1) is 16.5. The van der Waals surface area contributed by atoms with E-state index in [1.165, 1.54) is 0 Å². The molecule has 0 saturated carbocycles. The van der Waals surface area contributed by atoms with Crippen molar-refractivity contribution in [1.29, 1.82) is 0 Å². The Bertz CT molecular complexity index is 677. The lowest BCUT2D eigenvalue weighted by molar-refractivity contribution is 0.360. The Hall–Kier alpha value is -1.88. The fourth-order valence-electron chi connectivity index (χ4n) is 2.29. The van der Waals surface area contributed by atoms with E-state index < -0.39 is 13.3 Å². The molecule has 0 fully saturated rings. The van der Waals surface area contributed by atoms with Gasteiger partial charge in [-0.05, 0) is 42.7 Å². The monoisotopic (exact) mass is 322 g/mol. The van der Waals surface area contributed by atoms with Crippen molar-refractivity contribution in [2.24, 2.45) is 0 Å². The van der Waals surface area contributed by atoms with E-state index in [2.05, 4.69) is 10.3 Å². The van der Waals surface area contributed by atoms with Crippen LogP contribution in [0.5, 0.6) is 5.75 Å². The van der Waals surface area contributed by atoms with Gasteiger partial charge < -0.3 is 20.2 Å². The van der Waals surface area contributed by atoms with Gasteiger partial charge in [0.2, 0.25) is 0 Å². The number of pyridine rings is 1. The maximum Gasteiger partial charge on any atom is 0.334 e. The van der Waals surface area contributed by atoms with Gasteiger partial charge in [-0.25, -0.2) is 0 Å². The number of aromatic nitrogens is 1. The molecule has 1 heterocycles. The first-order chi connectivity index (χ1) is 10.3. The number of phenols is 1. The molecular weight excluding hydrogens is 303 g/mol. The highest BCUT2D eigenvalue weighted by molar-refractivity contribution is 7.52. The minimum absolute atomic E-state index is 0.0691. The van der Waals surface area contributed by atoms with Gasteiger partial charge >= 0.3 is 7.60 Å². The highest BCUT2D eigenvalue weighted by Crippen LogP contribution is 2.52. The normalized spacial score (nSPS) is 12.9. The fraction of sp³-hybridized carbons (Fsp3) is 0.267. The average molecular weight is 322 g/mol. The molecule has 0 aliphatic carbocycles. The molecule has 0 radical (unpaired) electrons. The molecule has 7 heteroatoms. The Morgan fingerprint density at radius 2 is 1.91 bits per heavy atom. The number of rotatable bonds is 5. The standard InChI is InChI=1S/C15H19N2O4P/c1-10-6-12(7-11(2)15(10)18)14(22(19,20)21)9-17-13-4-3-5-16-8-13/h3-8,14,17-18H,9H2,1-2H3,(H2,19,20,21). The molecule has 6 nitrogen and oxygen atoms in total. The number of hydrogen-bond donors (Lipinski definition) is 4. The van der Waals surface area contributed by atoms with Gasteiger partial charge in [0.25, 0.3) is 0 Å². The lowest BCUT2D eigenvalue weighted by Gasteiger charge is -2.21.